The fourth-order valence-electron chi connectivity index (χ4n) is 1.93. The van der Waals surface area contributed by atoms with Crippen LogP contribution in [0.3, 0.4) is 0 Å². The van der Waals surface area contributed by atoms with Crippen LogP contribution in [0.5, 0.6) is 0 Å². The first-order valence-electron chi connectivity index (χ1n) is 5.41. The Labute approximate surface area is 108 Å². The van der Waals surface area contributed by atoms with E-state index in [2.05, 4.69) is 0 Å². The summed E-state index contributed by atoms with van der Waals surface area (Å²) in [5.74, 6) is 1.47. The molecule has 0 radical (unpaired) electrons. The van der Waals surface area contributed by atoms with Crippen molar-refractivity contribution in [2.24, 2.45) is 0 Å². The summed E-state index contributed by atoms with van der Waals surface area (Å²) < 4.78 is 0. The third-order valence-corrected chi connectivity index (χ3v) is 3.89. The van der Waals surface area contributed by atoms with Gasteiger partial charge >= 0.3 is 6.09 Å². The molecular formula is C11H12N2O4S. The number of nitro benzene ring substituents is 1. The Morgan fingerprint density at radius 3 is 2.67 bits per heavy atom. The Kier molecular flexibility index (Phi) is 3.71. The van der Waals surface area contributed by atoms with E-state index >= 15 is 0 Å². The predicted molar refractivity (Wildman–Crippen MR) is 67.9 cm³/mol. The van der Waals surface area contributed by atoms with E-state index in [1.807, 2.05) is 0 Å². The fourth-order valence-corrected chi connectivity index (χ4v) is 3.02. The Morgan fingerprint density at radius 1 is 1.44 bits per heavy atom. The summed E-state index contributed by atoms with van der Waals surface area (Å²) in [6.45, 7) is 0.488. The van der Waals surface area contributed by atoms with Crippen molar-refractivity contribution in [1.82, 2.24) is 4.90 Å². The Morgan fingerprint density at radius 2 is 2.11 bits per heavy atom. The molecule has 1 aliphatic heterocycles. The van der Waals surface area contributed by atoms with Crippen LogP contribution in [0.1, 0.15) is 11.6 Å². The normalized spacial score (nSPS) is 19.6. The first-order valence-corrected chi connectivity index (χ1v) is 6.56. The summed E-state index contributed by atoms with van der Waals surface area (Å²) in [5, 5.41) is 19.7. The third kappa shape index (κ3) is 2.56. The van der Waals surface area contributed by atoms with E-state index in [1.165, 1.54) is 17.0 Å². The molecule has 1 amide bonds. The van der Waals surface area contributed by atoms with Crippen molar-refractivity contribution < 1.29 is 14.8 Å². The smallest absolute Gasteiger partial charge is 0.407 e. The third-order valence-electron chi connectivity index (χ3n) is 2.86. The van der Waals surface area contributed by atoms with Crippen LogP contribution >= 0.6 is 11.8 Å². The number of benzene rings is 1. The monoisotopic (exact) mass is 268 g/mol. The first-order chi connectivity index (χ1) is 8.59. The minimum Gasteiger partial charge on any atom is -0.465 e. The molecule has 1 aromatic carbocycles. The second-order valence-corrected chi connectivity index (χ2v) is 5.07. The molecule has 0 aromatic heterocycles. The number of amides is 1. The minimum absolute atomic E-state index is 0.0177. The maximum Gasteiger partial charge on any atom is 0.407 e. The summed E-state index contributed by atoms with van der Waals surface area (Å²) in [6.07, 6.45) is -0.946. The van der Waals surface area contributed by atoms with Gasteiger partial charge < -0.3 is 5.11 Å². The number of carboxylic acid groups (broad SMARTS) is 1. The van der Waals surface area contributed by atoms with Crippen molar-refractivity contribution in [2.75, 3.05) is 18.1 Å². The number of non-ortho nitro benzene ring substituents is 1. The number of nitrogens with zero attached hydrogens (tertiary/aromatic N) is 2. The summed E-state index contributed by atoms with van der Waals surface area (Å²) >= 11 is 1.69. The van der Waals surface area contributed by atoms with Crippen molar-refractivity contribution in [3.8, 4) is 0 Å². The molecule has 18 heavy (non-hydrogen) atoms. The van der Waals surface area contributed by atoms with Crippen LogP contribution in [-0.4, -0.2) is 39.1 Å². The second kappa shape index (κ2) is 5.26. The zero-order valence-electron chi connectivity index (χ0n) is 9.48. The summed E-state index contributed by atoms with van der Waals surface area (Å²) in [6, 6.07) is 5.86. The molecule has 1 aromatic rings. The van der Waals surface area contributed by atoms with Gasteiger partial charge in [-0.05, 0) is 5.56 Å². The lowest BCUT2D eigenvalue weighted by molar-refractivity contribution is -0.384. The van der Waals surface area contributed by atoms with Crippen LogP contribution < -0.4 is 0 Å². The molecule has 1 N–H and O–H groups in total. The number of carbonyl (C=O) groups is 1. The zero-order chi connectivity index (χ0) is 13.1. The fraction of sp³-hybridized carbons (Fsp3) is 0.364. The second-order valence-electron chi connectivity index (χ2n) is 3.92. The van der Waals surface area contributed by atoms with E-state index in [9.17, 15) is 14.9 Å². The average Bonchev–Trinajstić information content (AvgIpc) is 2.39. The van der Waals surface area contributed by atoms with Crippen molar-refractivity contribution in [3.63, 3.8) is 0 Å². The van der Waals surface area contributed by atoms with Crippen LogP contribution in [0.15, 0.2) is 24.3 Å². The highest BCUT2D eigenvalue weighted by Gasteiger charge is 2.28. The number of rotatable bonds is 2. The molecule has 1 atom stereocenters. The van der Waals surface area contributed by atoms with Gasteiger partial charge in [-0.1, -0.05) is 12.1 Å². The van der Waals surface area contributed by atoms with E-state index in [4.69, 9.17) is 5.11 Å². The zero-order valence-corrected chi connectivity index (χ0v) is 10.3. The number of nitro groups is 1. The van der Waals surface area contributed by atoms with E-state index in [0.29, 0.717) is 12.3 Å². The molecule has 1 saturated heterocycles. The van der Waals surface area contributed by atoms with Gasteiger partial charge in [0.1, 0.15) is 0 Å². The lowest BCUT2D eigenvalue weighted by Gasteiger charge is -2.33. The maximum absolute atomic E-state index is 11.1. The molecule has 6 nitrogen and oxygen atoms in total. The Balaban J connectivity index is 2.23. The topological polar surface area (TPSA) is 83.7 Å². The lowest BCUT2D eigenvalue weighted by atomic mass is 10.1. The molecule has 0 aliphatic carbocycles. The van der Waals surface area contributed by atoms with Crippen molar-refractivity contribution in [1.29, 1.82) is 0 Å². The van der Waals surface area contributed by atoms with Gasteiger partial charge in [-0.3, -0.25) is 15.0 Å². The van der Waals surface area contributed by atoms with Gasteiger partial charge in [0, 0.05) is 30.2 Å². The number of thioether (sulfide) groups is 1. The van der Waals surface area contributed by atoms with E-state index in [1.54, 1.807) is 23.9 Å². The molecule has 0 saturated carbocycles. The number of hydrogen-bond donors (Lipinski definition) is 1. The van der Waals surface area contributed by atoms with Gasteiger partial charge in [0.2, 0.25) is 0 Å². The summed E-state index contributed by atoms with van der Waals surface area (Å²) in [5.41, 5.74) is 0.819. The van der Waals surface area contributed by atoms with Gasteiger partial charge in [-0.2, -0.15) is 11.8 Å². The van der Waals surface area contributed by atoms with Crippen LogP contribution in [0, 0.1) is 10.1 Å². The molecule has 1 fully saturated rings. The van der Waals surface area contributed by atoms with Crippen LogP contribution in [-0.2, 0) is 0 Å². The molecular weight excluding hydrogens is 256 g/mol. The quantitative estimate of drug-likeness (QED) is 0.657. The predicted octanol–water partition coefficient (Wildman–Crippen LogP) is 2.36. The van der Waals surface area contributed by atoms with Gasteiger partial charge in [0.05, 0.1) is 11.0 Å². The molecule has 2 rings (SSSR count). The summed E-state index contributed by atoms with van der Waals surface area (Å²) in [4.78, 5) is 22.6. The highest BCUT2D eigenvalue weighted by atomic mass is 32.2. The highest BCUT2D eigenvalue weighted by Crippen LogP contribution is 2.30. The van der Waals surface area contributed by atoms with E-state index in [-0.39, 0.29) is 11.7 Å². The molecule has 7 heteroatoms. The van der Waals surface area contributed by atoms with Gasteiger partial charge in [-0.15, -0.1) is 0 Å². The molecule has 1 unspecified atom stereocenters. The highest BCUT2D eigenvalue weighted by molar-refractivity contribution is 7.99. The van der Waals surface area contributed by atoms with Gasteiger partial charge in [0.25, 0.3) is 5.69 Å². The van der Waals surface area contributed by atoms with Crippen LogP contribution in [0.25, 0.3) is 0 Å². The Hall–Kier alpha value is -1.76. The largest absolute Gasteiger partial charge is 0.465 e. The van der Waals surface area contributed by atoms with Crippen LogP contribution in [0.4, 0.5) is 10.5 Å². The molecule has 0 spiro atoms. The van der Waals surface area contributed by atoms with E-state index in [0.717, 1.165) is 11.3 Å². The molecule has 96 valence electrons. The lowest BCUT2D eigenvalue weighted by Crippen LogP contribution is -2.39. The Bertz CT molecular complexity index is 463. The van der Waals surface area contributed by atoms with Crippen LogP contribution in [0.2, 0.25) is 0 Å². The van der Waals surface area contributed by atoms with Crippen molar-refractivity contribution in [2.45, 2.75) is 6.04 Å². The first kappa shape index (κ1) is 12.7. The van der Waals surface area contributed by atoms with Crippen molar-refractivity contribution in [3.05, 3.63) is 39.9 Å². The van der Waals surface area contributed by atoms with Gasteiger partial charge in [0.15, 0.2) is 0 Å². The number of hydrogen-bond acceptors (Lipinski definition) is 4. The average molecular weight is 268 g/mol. The van der Waals surface area contributed by atoms with Crippen molar-refractivity contribution >= 4 is 23.5 Å². The molecule has 0 bridgehead atoms. The maximum atomic E-state index is 11.1. The minimum atomic E-state index is -0.946. The SMILES string of the molecule is O=C(O)N1CCSCC1c1ccc([N+](=O)[O-])cc1. The molecule has 1 heterocycles. The van der Waals surface area contributed by atoms with Gasteiger partial charge in [-0.25, -0.2) is 4.79 Å². The molecule has 1 aliphatic rings. The van der Waals surface area contributed by atoms with E-state index < -0.39 is 11.0 Å². The standard InChI is InChI=1S/C11H12N2O4S/c14-11(15)12-5-6-18-7-10(12)8-1-3-9(4-2-8)13(16)17/h1-4,10H,5-7H2,(H,14,15). The summed E-state index contributed by atoms with van der Waals surface area (Å²) in [7, 11) is 0.